The van der Waals surface area contributed by atoms with Crippen LogP contribution in [-0.2, 0) is 12.7 Å². The Hall–Kier alpha value is -4.02. The molecule has 0 fully saturated rings. The zero-order valence-corrected chi connectivity index (χ0v) is 16.0. The maximum atomic E-state index is 14.1. The Morgan fingerprint density at radius 2 is 1.87 bits per heavy atom. The van der Waals surface area contributed by atoms with E-state index in [0.29, 0.717) is 29.7 Å². The lowest BCUT2D eigenvalue weighted by Gasteiger charge is -2.13. The van der Waals surface area contributed by atoms with Gasteiger partial charge in [-0.3, -0.25) is 5.10 Å². The Labute approximate surface area is 174 Å². The zero-order chi connectivity index (χ0) is 22.6. The van der Waals surface area contributed by atoms with E-state index in [1.807, 2.05) is 0 Å². The molecule has 162 valence electrons. The third-order valence-electron chi connectivity index (χ3n) is 4.16. The summed E-state index contributed by atoms with van der Waals surface area (Å²) in [6, 6.07) is 8.45. The molecule has 3 rings (SSSR count). The highest BCUT2D eigenvalue weighted by molar-refractivity contribution is 5.99. The van der Waals surface area contributed by atoms with E-state index in [-0.39, 0.29) is 5.70 Å². The fourth-order valence-electron chi connectivity index (χ4n) is 2.76. The molecule has 0 saturated carbocycles. The highest BCUT2D eigenvalue weighted by Crippen LogP contribution is 2.33. The van der Waals surface area contributed by atoms with Gasteiger partial charge in [0.1, 0.15) is 5.69 Å². The highest BCUT2D eigenvalue weighted by atomic mass is 19.4. The molecule has 0 unspecified atom stereocenters. The molecule has 0 atom stereocenters. The predicted molar refractivity (Wildman–Crippen MR) is 110 cm³/mol. The topological polar surface area (TPSA) is 108 Å². The number of anilines is 3. The van der Waals surface area contributed by atoms with Crippen LogP contribution in [0.25, 0.3) is 5.70 Å². The molecule has 7 nitrogen and oxygen atoms in total. The lowest BCUT2D eigenvalue weighted by atomic mass is 10.1. The van der Waals surface area contributed by atoms with Crippen molar-refractivity contribution in [2.24, 2.45) is 5.73 Å². The Balaban J connectivity index is 1.65. The minimum atomic E-state index is -4.87. The minimum Gasteiger partial charge on any atom is -0.397 e. The molecule has 6 N–H and O–H groups in total. The number of aromatic nitrogens is 2. The van der Waals surface area contributed by atoms with Crippen LogP contribution in [0.3, 0.4) is 0 Å². The number of nitrogens with two attached hydrogens (primary N) is 1. The first-order chi connectivity index (χ1) is 14.6. The van der Waals surface area contributed by atoms with Crippen LogP contribution in [0.5, 0.6) is 0 Å². The van der Waals surface area contributed by atoms with Crippen molar-refractivity contribution in [3.05, 3.63) is 77.9 Å². The molecule has 0 radical (unpaired) electrons. The van der Waals surface area contributed by atoms with E-state index in [0.717, 1.165) is 17.7 Å². The van der Waals surface area contributed by atoms with Crippen LogP contribution in [0.4, 0.5) is 39.4 Å². The summed E-state index contributed by atoms with van der Waals surface area (Å²) in [5.74, 6) is -1.56. The minimum absolute atomic E-state index is 0.290. The lowest BCUT2D eigenvalue weighted by molar-refractivity contribution is -0.139. The molecule has 0 saturated heterocycles. The van der Waals surface area contributed by atoms with E-state index in [2.05, 4.69) is 32.7 Å². The number of hydrogen-bond donors (Lipinski definition) is 5. The van der Waals surface area contributed by atoms with Gasteiger partial charge >= 0.3 is 12.2 Å². The van der Waals surface area contributed by atoms with Crippen molar-refractivity contribution in [1.82, 2.24) is 10.2 Å². The van der Waals surface area contributed by atoms with Crippen molar-refractivity contribution in [1.29, 1.82) is 0 Å². The van der Waals surface area contributed by atoms with Gasteiger partial charge < -0.3 is 21.7 Å². The van der Waals surface area contributed by atoms with Crippen molar-refractivity contribution in [2.75, 3.05) is 16.0 Å². The number of rotatable bonds is 6. The van der Waals surface area contributed by atoms with E-state index >= 15 is 0 Å². The summed E-state index contributed by atoms with van der Waals surface area (Å²) in [5, 5.41) is 14.3. The molecule has 0 aliphatic carbocycles. The highest BCUT2D eigenvalue weighted by Gasteiger charge is 2.35. The molecule has 2 amide bonds. The summed E-state index contributed by atoms with van der Waals surface area (Å²) >= 11 is 0. The number of aromatic amines is 1. The van der Waals surface area contributed by atoms with E-state index < -0.39 is 29.3 Å². The molecule has 0 spiro atoms. The number of amides is 2. The Morgan fingerprint density at radius 3 is 2.58 bits per heavy atom. The first-order valence-corrected chi connectivity index (χ1v) is 8.90. The number of carbonyl (C=O) groups is 1. The van der Waals surface area contributed by atoms with Gasteiger partial charge in [0.15, 0.2) is 5.82 Å². The maximum absolute atomic E-state index is 14.1. The fourth-order valence-corrected chi connectivity index (χ4v) is 2.76. The number of alkyl halides is 3. The van der Waals surface area contributed by atoms with Crippen molar-refractivity contribution < 1.29 is 22.4 Å². The average molecular weight is 434 g/mol. The second-order valence-electron chi connectivity index (χ2n) is 6.47. The zero-order valence-electron chi connectivity index (χ0n) is 16.0. The maximum Gasteiger partial charge on any atom is 0.419 e. The number of halogens is 4. The molecule has 3 aromatic rings. The Bertz CT molecular complexity index is 1110. The average Bonchev–Trinajstić information content (AvgIpc) is 3.16. The van der Waals surface area contributed by atoms with Crippen LogP contribution in [-0.4, -0.2) is 16.2 Å². The number of urea groups is 1. The van der Waals surface area contributed by atoms with Crippen LogP contribution in [0.15, 0.2) is 55.2 Å². The van der Waals surface area contributed by atoms with Gasteiger partial charge in [-0.2, -0.15) is 18.3 Å². The summed E-state index contributed by atoms with van der Waals surface area (Å²) in [5.41, 5.74) is 6.16. The Kier molecular flexibility index (Phi) is 6.14. The van der Waals surface area contributed by atoms with Gasteiger partial charge in [0.05, 0.1) is 22.6 Å². The third kappa shape index (κ3) is 5.32. The molecular formula is C20H18F4N6O. The SMILES string of the molecule is C=C(N)c1n[nH]cc1NCc1cccc(NC(=O)Nc2cccc(C(F)(F)F)c2F)c1. The normalized spacial score (nSPS) is 11.1. The van der Waals surface area contributed by atoms with E-state index in [9.17, 15) is 22.4 Å². The van der Waals surface area contributed by atoms with Gasteiger partial charge in [0.2, 0.25) is 0 Å². The predicted octanol–water partition coefficient (Wildman–Crippen LogP) is 4.75. The van der Waals surface area contributed by atoms with Crippen LogP contribution in [0.2, 0.25) is 0 Å². The van der Waals surface area contributed by atoms with E-state index in [1.165, 1.54) is 0 Å². The summed E-state index contributed by atoms with van der Waals surface area (Å²) in [6.07, 6.45) is -3.25. The largest absolute Gasteiger partial charge is 0.419 e. The van der Waals surface area contributed by atoms with Gasteiger partial charge in [0, 0.05) is 18.4 Å². The molecule has 2 aromatic carbocycles. The second kappa shape index (κ2) is 8.78. The van der Waals surface area contributed by atoms with Gasteiger partial charge in [-0.15, -0.1) is 0 Å². The van der Waals surface area contributed by atoms with Gasteiger partial charge in [-0.1, -0.05) is 24.8 Å². The van der Waals surface area contributed by atoms with Gasteiger partial charge in [-0.25, -0.2) is 9.18 Å². The summed E-state index contributed by atoms with van der Waals surface area (Å²) < 4.78 is 52.5. The number of nitrogens with one attached hydrogen (secondary N) is 4. The summed E-state index contributed by atoms with van der Waals surface area (Å²) in [6.45, 7) is 3.99. The molecular weight excluding hydrogens is 416 g/mol. The number of H-pyrrole nitrogens is 1. The van der Waals surface area contributed by atoms with E-state index in [1.54, 1.807) is 30.5 Å². The summed E-state index contributed by atoms with van der Waals surface area (Å²) in [4.78, 5) is 12.1. The molecule has 11 heteroatoms. The van der Waals surface area contributed by atoms with Crippen molar-refractivity contribution >= 4 is 28.8 Å². The van der Waals surface area contributed by atoms with Crippen molar-refractivity contribution in [3.63, 3.8) is 0 Å². The first kappa shape index (κ1) is 21.7. The van der Waals surface area contributed by atoms with Crippen LogP contribution in [0, 0.1) is 5.82 Å². The quantitative estimate of drug-likeness (QED) is 0.361. The van der Waals surface area contributed by atoms with Gasteiger partial charge in [-0.05, 0) is 29.8 Å². The number of benzene rings is 2. The van der Waals surface area contributed by atoms with Crippen LogP contribution < -0.4 is 21.7 Å². The van der Waals surface area contributed by atoms with Crippen molar-refractivity contribution in [3.8, 4) is 0 Å². The number of nitrogens with zero attached hydrogens (tertiary/aromatic N) is 1. The molecule has 0 aliphatic rings. The molecule has 1 heterocycles. The monoisotopic (exact) mass is 434 g/mol. The van der Waals surface area contributed by atoms with Crippen LogP contribution in [0.1, 0.15) is 16.8 Å². The Morgan fingerprint density at radius 1 is 1.13 bits per heavy atom. The third-order valence-corrected chi connectivity index (χ3v) is 4.16. The number of hydrogen-bond acceptors (Lipinski definition) is 4. The van der Waals surface area contributed by atoms with Crippen LogP contribution >= 0.6 is 0 Å². The van der Waals surface area contributed by atoms with E-state index in [4.69, 9.17) is 5.73 Å². The molecule has 1 aromatic heterocycles. The molecule has 31 heavy (non-hydrogen) atoms. The van der Waals surface area contributed by atoms with Crippen molar-refractivity contribution in [2.45, 2.75) is 12.7 Å². The van der Waals surface area contributed by atoms with Gasteiger partial charge in [0.25, 0.3) is 0 Å². The molecule has 0 aliphatic heterocycles. The standard InChI is InChI=1S/C20H18F4N6O/c1-11(25)18-16(10-27-30-18)26-9-12-4-2-5-13(8-12)28-19(31)29-15-7-3-6-14(17(15)21)20(22,23)24/h2-8,10,26H,1,9,25H2,(H,27,30)(H2,28,29,31). The smallest absolute Gasteiger partial charge is 0.397 e. The summed E-state index contributed by atoms with van der Waals surface area (Å²) in [7, 11) is 0. The number of carbonyl (C=O) groups excluding carboxylic acids is 1. The lowest BCUT2D eigenvalue weighted by Crippen LogP contribution is -2.21. The first-order valence-electron chi connectivity index (χ1n) is 8.90. The second-order valence-corrected chi connectivity index (χ2v) is 6.47. The fraction of sp³-hybridized carbons (Fsp3) is 0.100. The molecule has 0 bridgehead atoms.